The number of aromatic nitrogens is 3. The lowest BCUT2D eigenvalue weighted by molar-refractivity contribution is -0.137. The summed E-state index contributed by atoms with van der Waals surface area (Å²) in [6.45, 7) is 0. The second kappa shape index (κ2) is 5.43. The molecular formula is C14H11F3N4O2S2. The van der Waals surface area contributed by atoms with Gasteiger partial charge in [0, 0.05) is 11.3 Å². The van der Waals surface area contributed by atoms with Gasteiger partial charge in [0.15, 0.2) is 10.0 Å². The van der Waals surface area contributed by atoms with Crippen LogP contribution in [-0.4, -0.2) is 23.6 Å². The summed E-state index contributed by atoms with van der Waals surface area (Å²) in [5, 5.41) is 7.11. The van der Waals surface area contributed by atoms with Crippen LogP contribution in [0.3, 0.4) is 0 Å². The molecule has 0 saturated heterocycles. The Balaban J connectivity index is 1.69. The van der Waals surface area contributed by atoms with Crippen molar-refractivity contribution in [3.05, 3.63) is 35.0 Å². The first-order valence-electron chi connectivity index (χ1n) is 7.28. The zero-order valence-electron chi connectivity index (χ0n) is 12.5. The molecule has 4 rings (SSSR count). The van der Waals surface area contributed by atoms with Crippen molar-refractivity contribution in [1.29, 1.82) is 0 Å². The molecule has 6 nitrogen and oxygen atoms in total. The molecule has 0 bridgehead atoms. The highest BCUT2D eigenvalue weighted by atomic mass is 32.2. The molecule has 1 fully saturated rings. The third-order valence-corrected chi connectivity index (χ3v) is 6.77. The number of H-pyrrole nitrogens is 1. The Morgan fingerprint density at radius 2 is 2.04 bits per heavy atom. The Bertz CT molecular complexity index is 1050. The summed E-state index contributed by atoms with van der Waals surface area (Å²) in [5.74, 6) is 0.136. The van der Waals surface area contributed by atoms with Crippen molar-refractivity contribution < 1.29 is 21.6 Å². The fourth-order valence-corrected chi connectivity index (χ4v) is 4.70. The molecule has 0 spiro atoms. The molecule has 2 N–H and O–H groups in total. The average molecular weight is 388 g/mol. The number of sulfonamides is 1. The highest BCUT2D eigenvalue weighted by molar-refractivity contribution is 7.94. The van der Waals surface area contributed by atoms with Gasteiger partial charge in [-0.15, -0.1) is 11.3 Å². The van der Waals surface area contributed by atoms with Crippen LogP contribution in [0.5, 0.6) is 0 Å². The van der Waals surface area contributed by atoms with Crippen molar-refractivity contribution >= 4 is 38.1 Å². The van der Waals surface area contributed by atoms with E-state index in [0.717, 1.165) is 41.3 Å². The number of thiazole rings is 1. The molecule has 3 aromatic rings. The van der Waals surface area contributed by atoms with E-state index in [1.165, 1.54) is 12.3 Å². The van der Waals surface area contributed by atoms with Crippen LogP contribution in [0.2, 0.25) is 0 Å². The first kappa shape index (κ1) is 16.3. The van der Waals surface area contributed by atoms with Crippen molar-refractivity contribution in [2.24, 2.45) is 0 Å². The molecule has 1 aliphatic carbocycles. The van der Waals surface area contributed by atoms with Crippen LogP contribution in [0.4, 0.5) is 19.0 Å². The molecule has 0 aliphatic heterocycles. The largest absolute Gasteiger partial charge is 0.416 e. The molecule has 0 unspecified atom stereocenters. The van der Waals surface area contributed by atoms with Crippen molar-refractivity contribution in [3.63, 3.8) is 0 Å². The molecular weight excluding hydrogens is 377 g/mol. The Morgan fingerprint density at radius 1 is 1.28 bits per heavy atom. The molecule has 0 atom stereocenters. The summed E-state index contributed by atoms with van der Waals surface area (Å²) in [7, 11) is -3.97. The van der Waals surface area contributed by atoms with Gasteiger partial charge >= 0.3 is 6.18 Å². The smallest absolute Gasteiger partial charge is 0.276 e. The fourth-order valence-electron chi connectivity index (χ4n) is 2.36. The van der Waals surface area contributed by atoms with Gasteiger partial charge in [-0.25, -0.2) is 13.4 Å². The lowest BCUT2D eigenvalue weighted by Gasteiger charge is -2.07. The number of alkyl halides is 3. The third kappa shape index (κ3) is 3.09. The maximum absolute atomic E-state index is 12.9. The van der Waals surface area contributed by atoms with Gasteiger partial charge in [0.2, 0.25) is 0 Å². The predicted octanol–water partition coefficient (Wildman–Crippen LogP) is 3.72. The molecule has 11 heteroatoms. The number of hydrogen-bond acceptors (Lipinski definition) is 5. The van der Waals surface area contributed by atoms with Gasteiger partial charge in [-0.1, -0.05) is 0 Å². The lowest BCUT2D eigenvalue weighted by atomic mass is 10.1. The van der Waals surface area contributed by atoms with Crippen LogP contribution >= 0.6 is 11.3 Å². The molecule has 132 valence electrons. The van der Waals surface area contributed by atoms with Gasteiger partial charge in [0.25, 0.3) is 10.0 Å². The Labute approximate surface area is 144 Å². The summed E-state index contributed by atoms with van der Waals surface area (Å²) in [4.78, 5) is 4.10. The molecule has 0 radical (unpaired) electrons. The zero-order valence-corrected chi connectivity index (χ0v) is 14.1. The van der Waals surface area contributed by atoms with Gasteiger partial charge < -0.3 is 0 Å². The van der Waals surface area contributed by atoms with Gasteiger partial charge in [-0.3, -0.25) is 9.82 Å². The second-order valence-corrected chi connectivity index (χ2v) is 8.70. The van der Waals surface area contributed by atoms with Crippen LogP contribution in [0.25, 0.3) is 10.9 Å². The van der Waals surface area contributed by atoms with E-state index in [1.807, 2.05) is 0 Å². The van der Waals surface area contributed by atoms with Crippen molar-refractivity contribution in [2.75, 3.05) is 4.72 Å². The third-order valence-electron chi connectivity index (χ3n) is 3.82. The topological polar surface area (TPSA) is 87.7 Å². The van der Waals surface area contributed by atoms with Gasteiger partial charge in [0.05, 0.1) is 22.3 Å². The molecule has 2 aromatic heterocycles. The van der Waals surface area contributed by atoms with E-state index in [4.69, 9.17) is 0 Å². The number of halogens is 3. The molecule has 1 aromatic carbocycles. The number of benzene rings is 1. The maximum Gasteiger partial charge on any atom is 0.416 e. The minimum atomic E-state index is -4.53. The van der Waals surface area contributed by atoms with E-state index < -0.39 is 21.8 Å². The SMILES string of the molecule is O=S(=O)(Nc1n[nH]c2ccc(C(F)(F)F)cc12)c1cnc(C2CC2)s1. The first-order valence-corrected chi connectivity index (χ1v) is 9.58. The normalized spacial score (nSPS) is 15.6. The summed E-state index contributed by atoms with van der Waals surface area (Å²) in [6, 6.07) is 2.98. The summed E-state index contributed by atoms with van der Waals surface area (Å²) < 4.78 is 65.8. The predicted molar refractivity (Wildman–Crippen MR) is 86.0 cm³/mol. The van der Waals surface area contributed by atoms with Crippen molar-refractivity contribution in [1.82, 2.24) is 15.2 Å². The number of aromatic amines is 1. The van der Waals surface area contributed by atoms with Crippen LogP contribution in [-0.2, 0) is 16.2 Å². The van der Waals surface area contributed by atoms with E-state index in [2.05, 4.69) is 19.9 Å². The lowest BCUT2D eigenvalue weighted by Crippen LogP contribution is -2.12. The maximum atomic E-state index is 12.9. The van der Waals surface area contributed by atoms with Gasteiger partial charge in [-0.05, 0) is 31.0 Å². The summed E-state index contributed by atoms with van der Waals surface area (Å²) >= 11 is 1.07. The van der Waals surface area contributed by atoms with Crippen LogP contribution < -0.4 is 4.72 Å². The van der Waals surface area contributed by atoms with Crippen LogP contribution in [0.15, 0.2) is 28.6 Å². The molecule has 0 amide bonds. The fraction of sp³-hybridized carbons (Fsp3) is 0.286. The van der Waals surface area contributed by atoms with Gasteiger partial charge in [0.1, 0.15) is 0 Å². The molecule has 1 aliphatic rings. The Hall–Kier alpha value is -2.14. The number of rotatable bonds is 4. The van der Waals surface area contributed by atoms with E-state index in [-0.39, 0.29) is 15.4 Å². The first-order chi connectivity index (χ1) is 11.7. The molecule has 25 heavy (non-hydrogen) atoms. The summed E-state index contributed by atoms with van der Waals surface area (Å²) in [6.07, 6.45) is -1.29. The summed E-state index contributed by atoms with van der Waals surface area (Å²) in [5.41, 5.74) is -0.579. The number of nitrogens with one attached hydrogen (secondary N) is 2. The van der Waals surface area contributed by atoms with E-state index >= 15 is 0 Å². The van der Waals surface area contributed by atoms with Crippen molar-refractivity contribution in [3.8, 4) is 0 Å². The number of nitrogens with zero attached hydrogens (tertiary/aromatic N) is 2. The zero-order chi connectivity index (χ0) is 17.8. The minimum absolute atomic E-state index is 0.0116. The quantitative estimate of drug-likeness (QED) is 0.713. The molecule has 2 heterocycles. The van der Waals surface area contributed by atoms with Crippen LogP contribution in [0.1, 0.15) is 29.3 Å². The highest BCUT2D eigenvalue weighted by Gasteiger charge is 2.32. The Kier molecular flexibility index (Phi) is 3.55. The van der Waals surface area contributed by atoms with Crippen molar-refractivity contribution in [2.45, 2.75) is 29.1 Å². The average Bonchev–Trinajstić information content (AvgIpc) is 3.12. The van der Waals surface area contributed by atoms with E-state index in [9.17, 15) is 21.6 Å². The highest BCUT2D eigenvalue weighted by Crippen LogP contribution is 2.42. The minimum Gasteiger partial charge on any atom is -0.276 e. The second-order valence-electron chi connectivity index (χ2n) is 5.73. The molecule has 1 saturated carbocycles. The number of hydrogen-bond donors (Lipinski definition) is 2. The van der Waals surface area contributed by atoms with E-state index in [0.29, 0.717) is 11.4 Å². The number of anilines is 1. The number of fused-ring (bicyclic) bond motifs is 1. The van der Waals surface area contributed by atoms with Crippen LogP contribution in [0, 0.1) is 0 Å². The standard InChI is InChI=1S/C14H11F3N4O2S2/c15-14(16,17)8-3-4-10-9(5-8)12(20-19-10)21-25(22,23)11-6-18-13(24-11)7-1-2-7/h3-7H,1-2H2,(H2,19,20,21). The monoisotopic (exact) mass is 388 g/mol. The van der Waals surface area contributed by atoms with E-state index in [1.54, 1.807) is 0 Å². The van der Waals surface area contributed by atoms with Gasteiger partial charge in [-0.2, -0.15) is 18.3 Å². The Morgan fingerprint density at radius 3 is 2.72 bits per heavy atom.